The van der Waals surface area contributed by atoms with Gasteiger partial charge in [-0.05, 0) is 35.6 Å². The van der Waals surface area contributed by atoms with Crippen LogP contribution in [0, 0.1) is 5.92 Å². The number of aromatic nitrogens is 1. The number of alkyl halides is 4. The second-order valence-electron chi connectivity index (χ2n) is 10.7. The van der Waals surface area contributed by atoms with E-state index in [-0.39, 0.29) is 11.3 Å². The third-order valence-electron chi connectivity index (χ3n) is 7.70. The molecule has 1 aromatic carbocycles. The van der Waals surface area contributed by atoms with Gasteiger partial charge in [-0.25, -0.2) is 4.79 Å². The molecule has 14 heteroatoms. The third-order valence-corrected chi connectivity index (χ3v) is 9.50. The summed E-state index contributed by atoms with van der Waals surface area (Å²) in [6, 6.07) is 5.84. The van der Waals surface area contributed by atoms with Crippen molar-refractivity contribution in [1.29, 1.82) is 0 Å². The second-order valence-corrected chi connectivity index (χ2v) is 12.2. The minimum absolute atomic E-state index is 0.0282. The van der Waals surface area contributed by atoms with Gasteiger partial charge >= 0.3 is 12.3 Å². The van der Waals surface area contributed by atoms with Gasteiger partial charge in [-0.1, -0.05) is 37.3 Å². The van der Waals surface area contributed by atoms with Gasteiger partial charge in [-0.15, -0.1) is 23.4 Å². The number of allylic oxidation sites excluding steroid dienone is 1. The number of thioether (sulfide) groups is 1. The molecule has 43 heavy (non-hydrogen) atoms. The van der Waals surface area contributed by atoms with Crippen LogP contribution in [0.2, 0.25) is 0 Å². The Morgan fingerprint density at radius 3 is 2.63 bits per heavy atom. The predicted octanol–water partition coefficient (Wildman–Crippen LogP) is 5.14. The number of rotatable bonds is 5. The minimum Gasteiger partial charge on any atom is -0.451 e. The van der Waals surface area contributed by atoms with E-state index in [1.165, 1.54) is 25.0 Å². The molecule has 1 aromatic heterocycles. The van der Waals surface area contributed by atoms with E-state index in [4.69, 9.17) is 21.1 Å². The maximum absolute atomic E-state index is 14.2. The van der Waals surface area contributed by atoms with Crippen LogP contribution in [0.25, 0.3) is 0 Å². The lowest BCUT2D eigenvalue weighted by Crippen LogP contribution is -2.60. The highest BCUT2D eigenvalue weighted by Crippen LogP contribution is 2.46. The van der Waals surface area contributed by atoms with Crippen LogP contribution < -0.4 is 15.2 Å². The van der Waals surface area contributed by atoms with Crippen LogP contribution in [0.5, 0.6) is 5.75 Å². The van der Waals surface area contributed by atoms with E-state index >= 15 is 0 Å². The molecule has 0 saturated heterocycles. The Morgan fingerprint density at radius 2 is 1.93 bits per heavy atom. The van der Waals surface area contributed by atoms with Gasteiger partial charge in [0.05, 0.1) is 11.4 Å². The van der Waals surface area contributed by atoms with E-state index in [1.807, 2.05) is 43.3 Å². The number of pyridine rings is 1. The average Bonchev–Trinajstić information content (AvgIpc) is 3.12. The molecule has 0 saturated carbocycles. The first-order chi connectivity index (χ1) is 20.3. The summed E-state index contributed by atoms with van der Waals surface area (Å²) in [4.78, 5) is 41.4. The standard InChI is InChI=1S/C29H30ClF3N4O5S/c1-16-9-10-18-20(23(16)30)13-43-22-8-6-5-7-19(22)24(18)37-14-35(17(2)29(31,32)33)27(39)25-26(21(38)11-12-36(25)37)41-15-42-28(40)34(3)4/h5-12,16-17,23-24H,13-15H2,1-4H3/t16?,17-,23?,24+/m1/s1. The number of benzene rings is 1. The number of carbonyl (C=O) groups is 2. The van der Waals surface area contributed by atoms with Crippen molar-refractivity contribution in [3.63, 3.8) is 0 Å². The lowest BCUT2D eigenvalue weighted by atomic mass is 9.85. The monoisotopic (exact) mass is 638 g/mol. The summed E-state index contributed by atoms with van der Waals surface area (Å²) in [6.45, 7) is 1.69. The minimum atomic E-state index is -4.76. The normalized spacial score (nSPS) is 22.3. The van der Waals surface area contributed by atoms with Crippen LogP contribution in [0.1, 0.15) is 35.9 Å². The predicted molar refractivity (Wildman–Crippen MR) is 156 cm³/mol. The van der Waals surface area contributed by atoms with Crippen molar-refractivity contribution in [2.45, 2.75) is 42.4 Å². The fourth-order valence-corrected chi connectivity index (χ4v) is 6.84. The number of nitrogens with zero attached hydrogens (tertiary/aromatic N) is 4. The lowest BCUT2D eigenvalue weighted by Gasteiger charge is -2.46. The first kappa shape index (κ1) is 30.9. The summed E-state index contributed by atoms with van der Waals surface area (Å²) in [5, 5.41) is 1.26. The number of hydrogen-bond acceptors (Lipinski definition) is 7. The molecule has 0 bridgehead atoms. The molecule has 2 unspecified atom stereocenters. The van der Waals surface area contributed by atoms with Gasteiger partial charge < -0.3 is 19.3 Å². The highest BCUT2D eigenvalue weighted by atomic mass is 35.5. The van der Waals surface area contributed by atoms with Gasteiger partial charge in [0.1, 0.15) is 12.7 Å². The summed E-state index contributed by atoms with van der Waals surface area (Å²) in [5.41, 5.74) is 1.37. The number of carbonyl (C=O) groups excluding carboxylic acids is 2. The quantitative estimate of drug-likeness (QED) is 0.331. The number of ether oxygens (including phenoxy) is 2. The Balaban J connectivity index is 1.71. The van der Waals surface area contributed by atoms with Crippen molar-refractivity contribution >= 4 is 35.4 Å². The fraction of sp³-hybridized carbons (Fsp3) is 0.414. The first-order valence-electron chi connectivity index (χ1n) is 13.4. The Hall–Kier alpha value is -3.58. The van der Waals surface area contributed by atoms with Crippen molar-refractivity contribution in [2.24, 2.45) is 5.92 Å². The smallest absolute Gasteiger partial charge is 0.412 e. The fourth-order valence-electron chi connectivity index (χ4n) is 5.28. The highest BCUT2D eigenvalue weighted by Gasteiger charge is 2.48. The van der Waals surface area contributed by atoms with Crippen molar-refractivity contribution in [3.8, 4) is 5.75 Å². The maximum Gasteiger partial charge on any atom is 0.412 e. The molecule has 2 aliphatic heterocycles. The Labute approximate surface area is 255 Å². The molecule has 0 radical (unpaired) electrons. The van der Waals surface area contributed by atoms with E-state index in [2.05, 4.69) is 0 Å². The Kier molecular flexibility index (Phi) is 8.50. The molecule has 230 valence electrons. The van der Waals surface area contributed by atoms with Crippen LogP contribution >= 0.6 is 23.4 Å². The van der Waals surface area contributed by atoms with Gasteiger partial charge in [0.15, 0.2) is 5.69 Å². The Bertz CT molecular complexity index is 1560. The van der Waals surface area contributed by atoms with E-state index in [1.54, 1.807) is 16.8 Å². The molecule has 9 nitrogen and oxygen atoms in total. The van der Waals surface area contributed by atoms with Crippen molar-refractivity contribution in [3.05, 3.63) is 81.3 Å². The zero-order chi connectivity index (χ0) is 31.2. The van der Waals surface area contributed by atoms with Crippen LogP contribution in [-0.2, 0) is 4.74 Å². The average molecular weight is 639 g/mol. The van der Waals surface area contributed by atoms with Crippen LogP contribution in [0.3, 0.4) is 0 Å². The number of fused-ring (bicyclic) bond motifs is 2. The van der Waals surface area contributed by atoms with E-state index in [9.17, 15) is 27.6 Å². The number of hydrogen-bond donors (Lipinski definition) is 0. The van der Waals surface area contributed by atoms with E-state index < -0.39 is 60.6 Å². The summed E-state index contributed by atoms with van der Waals surface area (Å²) in [5.74, 6) is -0.984. The number of halogens is 4. The summed E-state index contributed by atoms with van der Waals surface area (Å²) in [7, 11) is 2.88. The molecule has 2 aromatic rings. The molecule has 3 aliphatic rings. The van der Waals surface area contributed by atoms with Crippen molar-refractivity contribution in [2.75, 3.05) is 38.3 Å². The van der Waals surface area contributed by atoms with Crippen LogP contribution in [0.4, 0.5) is 18.0 Å². The molecular formula is C29H30ClF3N4O5S. The molecule has 0 N–H and O–H groups in total. The SMILES string of the molecule is CC1C=CC2=C(CSc3ccccc3[C@H]2N2CN([C@H](C)C(F)(F)F)C(=O)c3c(OCOC(=O)N(C)C)c(=O)ccn32)C1Cl. The molecule has 1 aliphatic carbocycles. The lowest BCUT2D eigenvalue weighted by molar-refractivity contribution is -0.173. The largest absolute Gasteiger partial charge is 0.451 e. The second kappa shape index (κ2) is 11.8. The van der Waals surface area contributed by atoms with Gasteiger partial charge in [0.2, 0.25) is 18.0 Å². The van der Waals surface area contributed by atoms with Crippen molar-refractivity contribution < 1.29 is 32.2 Å². The summed E-state index contributed by atoms with van der Waals surface area (Å²) >= 11 is 8.49. The van der Waals surface area contributed by atoms with Gasteiger partial charge in [0, 0.05) is 37.0 Å². The van der Waals surface area contributed by atoms with Gasteiger partial charge in [0.25, 0.3) is 5.91 Å². The molecule has 3 heterocycles. The molecule has 4 atom stereocenters. The molecule has 2 amide bonds. The number of amides is 2. The van der Waals surface area contributed by atoms with Crippen LogP contribution in [-0.4, -0.2) is 77.4 Å². The molecule has 0 spiro atoms. The maximum atomic E-state index is 14.2. The van der Waals surface area contributed by atoms with Crippen LogP contribution in [0.15, 0.2) is 69.5 Å². The summed E-state index contributed by atoms with van der Waals surface area (Å²) < 4.78 is 54.3. The topological polar surface area (TPSA) is 84.3 Å². The molecule has 5 rings (SSSR count). The first-order valence-corrected chi connectivity index (χ1v) is 14.9. The molecular weight excluding hydrogens is 609 g/mol. The van der Waals surface area contributed by atoms with E-state index in [0.29, 0.717) is 10.7 Å². The molecule has 0 fully saturated rings. The zero-order valence-corrected chi connectivity index (χ0v) is 25.4. The highest BCUT2D eigenvalue weighted by molar-refractivity contribution is 7.99. The Morgan fingerprint density at radius 1 is 1.21 bits per heavy atom. The van der Waals surface area contributed by atoms with E-state index in [0.717, 1.165) is 39.5 Å². The third kappa shape index (κ3) is 5.72. The zero-order valence-electron chi connectivity index (χ0n) is 23.8. The van der Waals surface area contributed by atoms with Gasteiger partial charge in [-0.3, -0.25) is 19.3 Å². The van der Waals surface area contributed by atoms with Gasteiger partial charge in [-0.2, -0.15) is 13.2 Å². The summed E-state index contributed by atoms with van der Waals surface area (Å²) in [6.07, 6.45) is -0.276. The van der Waals surface area contributed by atoms with Crippen molar-refractivity contribution in [1.82, 2.24) is 14.5 Å².